The number of benzene rings is 1. The Kier molecular flexibility index (Phi) is 8.60. The summed E-state index contributed by atoms with van der Waals surface area (Å²) >= 11 is 0. The maximum Gasteiger partial charge on any atom is 0.189 e. The highest BCUT2D eigenvalue weighted by Crippen LogP contribution is 2.50. The van der Waals surface area contributed by atoms with Crippen LogP contribution in [-0.4, -0.2) is 69.3 Å². The fourth-order valence-electron chi connectivity index (χ4n) is 5.32. The van der Waals surface area contributed by atoms with Crippen LogP contribution in [-0.2, 0) is 14.2 Å². The Hall–Kier alpha value is -2.04. The van der Waals surface area contributed by atoms with Crippen LogP contribution in [0.25, 0.3) is 0 Å². The summed E-state index contributed by atoms with van der Waals surface area (Å²) in [5.74, 6) is -2.44. The first-order chi connectivity index (χ1) is 16.6. The number of hydrogen-bond donors (Lipinski definition) is 4. The second kappa shape index (κ2) is 10.9. The molecule has 0 saturated carbocycles. The number of aldehydes is 1. The molecular weight excluding hydrogens is 456 g/mol. The first-order valence-electron chi connectivity index (χ1n) is 12.5. The maximum atomic E-state index is 13.8. The predicted molar refractivity (Wildman–Crippen MR) is 126 cm³/mol. The number of carbonyl (C=O) groups is 2. The molecule has 0 bridgehead atoms. The van der Waals surface area contributed by atoms with Gasteiger partial charge in [0.15, 0.2) is 24.0 Å². The molecule has 2 aliphatic heterocycles. The Labute approximate surface area is 206 Å². The molecule has 9 heteroatoms. The average molecular weight is 495 g/mol. The van der Waals surface area contributed by atoms with Gasteiger partial charge in [0, 0.05) is 24.5 Å². The number of epoxide rings is 1. The second-order valence-corrected chi connectivity index (χ2v) is 9.77. The van der Waals surface area contributed by atoms with E-state index in [1.54, 1.807) is 6.92 Å². The number of aromatic hydroxyl groups is 2. The molecule has 2 aliphatic rings. The quantitative estimate of drug-likeness (QED) is 0.207. The minimum atomic E-state index is -1.40. The molecule has 1 aromatic carbocycles. The number of hydrogen-bond acceptors (Lipinski definition) is 9. The Morgan fingerprint density at radius 2 is 1.91 bits per heavy atom. The molecule has 2 fully saturated rings. The number of phenols is 2. The zero-order chi connectivity index (χ0) is 26.1. The predicted octanol–water partition coefficient (Wildman–Crippen LogP) is 3.26. The lowest BCUT2D eigenvalue weighted by molar-refractivity contribution is -0.239. The zero-order valence-electron chi connectivity index (χ0n) is 21.1. The van der Waals surface area contributed by atoms with E-state index < -0.39 is 53.4 Å². The topological polar surface area (TPSA) is 146 Å². The number of aliphatic hydroxyl groups excluding tert-OH is 2. The summed E-state index contributed by atoms with van der Waals surface area (Å²) in [6.07, 6.45) is -2.23. The number of ketones is 1. The highest BCUT2D eigenvalue weighted by molar-refractivity contribution is 6.04. The highest BCUT2D eigenvalue weighted by Gasteiger charge is 2.68. The summed E-state index contributed by atoms with van der Waals surface area (Å²) in [6.45, 7) is 9.68. The van der Waals surface area contributed by atoms with Crippen LogP contribution in [0.3, 0.4) is 0 Å². The van der Waals surface area contributed by atoms with Crippen molar-refractivity contribution in [2.45, 2.75) is 96.6 Å². The minimum absolute atomic E-state index is 0.0732. The zero-order valence-corrected chi connectivity index (χ0v) is 21.1. The van der Waals surface area contributed by atoms with E-state index in [-0.39, 0.29) is 35.1 Å². The Morgan fingerprint density at radius 1 is 1.23 bits per heavy atom. The molecule has 7 unspecified atom stereocenters. The fraction of sp³-hybridized carbons (Fsp3) is 0.692. The molecule has 35 heavy (non-hydrogen) atoms. The van der Waals surface area contributed by atoms with Crippen molar-refractivity contribution in [1.29, 1.82) is 0 Å². The van der Waals surface area contributed by atoms with Gasteiger partial charge in [0.1, 0.15) is 11.5 Å². The fourth-order valence-corrected chi connectivity index (χ4v) is 5.32. The van der Waals surface area contributed by atoms with Crippen LogP contribution >= 0.6 is 0 Å². The maximum absolute atomic E-state index is 13.8. The molecular formula is C26H38O9. The number of ether oxygens (including phenoxy) is 3. The van der Waals surface area contributed by atoms with Crippen LogP contribution in [0.15, 0.2) is 6.07 Å². The van der Waals surface area contributed by atoms with E-state index in [4.69, 9.17) is 14.2 Å². The molecule has 7 atom stereocenters. The highest BCUT2D eigenvalue weighted by atomic mass is 16.7. The van der Waals surface area contributed by atoms with Crippen LogP contribution in [0, 0.1) is 11.8 Å². The smallest absolute Gasteiger partial charge is 0.189 e. The monoisotopic (exact) mass is 494 g/mol. The molecule has 4 N–H and O–H groups in total. The molecule has 196 valence electrons. The van der Waals surface area contributed by atoms with Gasteiger partial charge in [-0.3, -0.25) is 9.59 Å². The van der Waals surface area contributed by atoms with Crippen LogP contribution < -0.4 is 0 Å². The Bertz CT molecular complexity index is 916. The van der Waals surface area contributed by atoms with Crippen molar-refractivity contribution in [3.8, 4) is 11.5 Å². The normalized spacial score (nSPS) is 29.8. The van der Waals surface area contributed by atoms with Crippen molar-refractivity contribution in [1.82, 2.24) is 0 Å². The van der Waals surface area contributed by atoms with Gasteiger partial charge in [-0.15, -0.1) is 0 Å². The van der Waals surface area contributed by atoms with Crippen LogP contribution in [0.5, 0.6) is 11.5 Å². The first kappa shape index (κ1) is 27.5. The lowest BCUT2D eigenvalue weighted by atomic mass is 9.80. The molecule has 0 amide bonds. The molecule has 9 nitrogen and oxygen atoms in total. The van der Waals surface area contributed by atoms with E-state index >= 15 is 0 Å². The van der Waals surface area contributed by atoms with Crippen molar-refractivity contribution in [2.75, 3.05) is 6.61 Å². The third-order valence-corrected chi connectivity index (χ3v) is 7.19. The van der Waals surface area contributed by atoms with Gasteiger partial charge in [0.2, 0.25) is 0 Å². The average Bonchev–Trinajstić information content (AvgIpc) is 3.56. The van der Waals surface area contributed by atoms with Gasteiger partial charge in [0.05, 0.1) is 35.5 Å². The largest absolute Gasteiger partial charge is 0.507 e. The van der Waals surface area contributed by atoms with Crippen molar-refractivity contribution in [3.05, 3.63) is 22.8 Å². The second-order valence-electron chi connectivity index (χ2n) is 9.77. The van der Waals surface area contributed by atoms with Gasteiger partial charge >= 0.3 is 0 Å². The third kappa shape index (κ3) is 4.84. The van der Waals surface area contributed by atoms with Crippen molar-refractivity contribution in [2.24, 2.45) is 11.8 Å². The minimum Gasteiger partial charge on any atom is -0.507 e. The number of aliphatic hydroxyl groups is 2. The van der Waals surface area contributed by atoms with Crippen LogP contribution in [0.2, 0.25) is 0 Å². The van der Waals surface area contributed by atoms with Gasteiger partial charge in [-0.05, 0) is 31.7 Å². The molecule has 1 aromatic rings. The van der Waals surface area contributed by atoms with Gasteiger partial charge in [-0.1, -0.05) is 34.1 Å². The van der Waals surface area contributed by atoms with E-state index in [1.165, 1.54) is 6.07 Å². The van der Waals surface area contributed by atoms with E-state index in [9.17, 15) is 30.0 Å². The summed E-state index contributed by atoms with van der Waals surface area (Å²) in [5.41, 5.74) is -1.45. The first-order valence-corrected chi connectivity index (χ1v) is 12.5. The van der Waals surface area contributed by atoms with Gasteiger partial charge < -0.3 is 34.6 Å². The van der Waals surface area contributed by atoms with Gasteiger partial charge in [0.25, 0.3) is 0 Å². The summed E-state index contributed by atoms with van der Waals surface area (Å²) in [5, 5.41) is 42.9. The number of rotatable bonds is 11. The van der Waals surface area contributed by atoms with E-state index in [1.807, 2.05) is 27.7 Å². The van der Waals surface area contributed by atoms with Crippen molar-refractivity contribution < 1.29 is 44.2 Å². The van der Waals surface area contributed by atoms with Crippen LogP contribution in [0.4, 0.5) is 0 Å². The van der Waals surface area contributed by atoms with Gasteiger partial charge in [-0.25, -0.2) is 0 Å². The summed E-state index contributed by atoms with van der Waals surface area (Å²) in [6, 6.07) is 1.37. The SMILES string of the molecule is CCCC(C(=O)c1cc(C(OCC)C(C)C)c(O)c(C=O)c1O)C1CC(O)C2(OC2CC)C(O)O1. The lowest BCUT2D eigenvalue weighted by Gasteiger charge is -2.39. The van der Waals surface area contributed by atoms with E-state index in [2.05, 4.69) is 0 Å². The van der Waals surface area contributed by atoms with E-state index in [0.29, 0.717) is 32.2 Å². The Balaban J connectivity index is 2.00. The molecule has 3 rings (SSSR count). The lowest BCUT2D eigenvalue weighted by Crippen LogP contribution is -2.55. The summed E-state index contributed by atoms with van der Waals surface area (Å²) in [7, 11) is 0. The summed E-state index contributed by atoms with van der Waals surface area (Å²) < 4.78 is 17.2. The Morgan fingerprint density at radius 3 is 2.40 bits per heavy atom. The molecule has 2 saturated heterocycles. The van der Waals surface area contributed by atoms with Crippen LogP contribution in [0.1, 0.15) is 92.7 Å². The van der Waals surface area contributed by atoms with E-state index in [0.717, 1.165) is 0 Å². The van der Waals surface area contributed by atoms with Crippen molar-refractivity contribution in [3.63, 3.8) is 0 Å². The molecule has 1 spiro atoms. The number of phenolic OH excluding ortho intramolecular Hbond substituents is 2. The molecule has 0 radical (unpaired) electrons. The third-order valence-electron chi connectivity index (χ3n) is 7.19. The standard InChI is InChI=1S/C26H38O9/c1-6-9-14(18-11-19(28)26(25(32)34-18)20(7-2)35-26)21(29)15-10-16(24(13(4)5)33-8-3)23(31)17(12-27)22(15)30/h10,12-14,18-20,24-25,28,30-32H,6-9,11H2,1-5H3. The van der Waals surface area contributed by atoms with Gasteiger partial charge in [-0.2, -0.15) is 0 Å². The number of carbonyl (C=O) groups excluding carboxylic acids is 2. The molecule has 2 heterocycles. The molecule has 0 aliphatic carbocycles. The molecule has 0 aromatic heterocycles. The summed E-state index contributed by atoms with van der Waals surface area (Å²) in [4.78, 5) is 25.5. The number of Topliss-reactive ketones (excluding diaryl/α,β-unsaturated/α-hetero) is 1. The van der Waals surface area contributed by atoms with Crippen molar-refractivity contribution >= 4 is 12.1 Å².